The fourth-order valence-electron chi connectivity index (χ4n) is 4.09. The van der Waals surface area contributed by atoms with E-state index < -0.39 is 0 Å². The van der Waals surface area contributed by atoms with Gasteiger partial charge in [-0.15, -0.1) is 0 Å². The fraction of sp³-hybridized carbons (Fsp3) is 0.647. The number of ether oxygens (including phenoxy) is 1. The molecule has 2 fully saturated rings. The Kier molecular flexibility index (Phi) is 4.49. The topological polar surface area (TPSA) is 21.3 Å². The minimum atomic E-state index is 0.198. The highest BCUT2D eigenvalue weighted by molar-refractivity contribution is 9.10. The maximum Gasteiger partial charge on any atom is 0.0686 e. The van der Waals surface area contributed by atoms with Gasteiger partial charge in [0.1, 0.15) is 0 Å². The van der Waals surface area contributed by atoms with Crippen LogP contribution in [0.15, 0.2) is 28.7 Å². The van der Waals surface area contributed by atoms with Crippen LogP contribution >= 0.6 is 15.9 Å². The standard InChI is InChI=1S/C17H24BrNO/c1-19-16(13-5-4-6-15(18)11-13)14-7-10-20-17(12-14)8-2-3-9-17/h4-6,11,14,16,19H,2-3,7-10,12H2,1H3. The van der Waals surface area contributed by atoms with Crippen LogP contribution in [0.3, 0.4) is 0 Å². The van der Waals surface area contributed by atoms with E-state index in [0.717, 1.165) is 11.1 Å². The summed E-state index contributed by atoms with van der Waals surface area (Å²) in [5.41, 5.74) is 1.59. The molecule has 1 saturated heterocycles. The Morgan fingerprint density at radius 3 is 2.85 bits per heavy atom. The van der Waals surface area contributed by atoms with Crippen LogP contribution in [0.1, 0.15) is 50.1 Å². The number of benzene rings is 1. The molecule has 0 aromatic heterocycles. The molecule has 2 atom stereocenters. The van der Waals surface area contributed by atoms with Crippen molar-refractivity contribution < 1.29 is 4.74 Å². The second-order valence-electron chi connectivity index (χ2n) is 6.31. The molecule has 0 radical (unpaired) electrons. The van der Waals surface area contributed by atoms with Crippen molar-refractivity contribution in [2.75, 3.05) is 13.7 Å². The number of hydrogen-bond acceptors (Lipinski definition) is 2. The van der Waals surface area contributed by atoms with Crippen molar-refractivity contribution in [3.63, 3.8) is 0 Å². The van der Waals surface area contributed by atoms with Crippen molar-refractivity contribution in [3.8, 4) is 0 Å². The lowest BCUT2D eigenvalue weighted by Gasteiger charge is -2.41. The van der Waals surface area contributed by atoms with E-state index in [1.807, 2.05) is 0 Å². The molecule has 0 amide bonds. The second kappa shape index (κ2) is 6.17. The highest BCUT2D eigenvalue weighted by Gasteiger charge is 2.41. The van der Waals surface area contributed by atoms with E-state index in [2.05, 4.69) is 52.6 Å². The number of rotatable bonds is 3. The molecule has 3 heteroatoms. The Labute approximate surface area is 130 Å². The van der Waals surface area contributed by atoms with Crippen molar-refractivity contribution >= 4 is 15.9 Å². The zero-order valence-corrected chi connectivity index (χ0v) is 13.8. The zero-order chi connectivity index (χ0) is 14.0. The van der Waals surface area contributed by atoms with E-state index >= 15 is 0 Å². The van der Waals surface area contributed by atoms with Gasteiger partial charge in [0, 0.05) is 17.1 Å². The van der Waals surface area contributed by atoms with Gasteiger partial charge in [-0.25, -0.2) is 0 Å². The Morgan fingerprint density at radius 2 is 2.15 bits per heavy atom. The third kappa shape index (κ3) is 2.95. The molecule has 1 aromatic carbocycles. The highest BCUT2D eigenvalue weighted by Crippen LogP contribution is 2.45. The molecule has 1 N–H and O–H groups in total. The van der Waals surface area contributed by atoms with Gasteiger partial charge in [0.05, 0.1) is 5.60 Å². The molecule has 1 aliphatic heterocycles. The molecular weight excluding hydrogens is 314 g/mol. The molecular formula is C17H24BrNO. The van der Waals surface area contributed by atoms with Crippen LogP contribution in [-0.2, 0) is 4.74 Å². The Morgan fingerprint density at radius 1 is 1.35 bits per heavy atom. The van der Waals surface area contributed by atoms with Crippen LogP contribution in [0.25, 0.3) is 0 Å². The minimum absolute atomic E-state index is 0.198. The first-order chi connectivity index (χ1) is 9.72. The zero-order valence-electron chi connectivity index (χ0n) is 12.2. The van der Waals surface area contributed by atoms with Gasteiger partial charge in [-0.2, -0.15) is 0 Å². The first-order valence-corrected chi connectivity index (χ1v) is 8.58. The third-order valence-corrected chi connectivity index (χ3v) is 5.53. The van der Waals surface area contributed by atoms with Gasteiger partial charge in [0.15, 0.2) is 0 Å². The van der Waals surface area contributed by atoms with Gasteiger partial charge >= 0.3 is 0 Å². The summed E-state index contributed by atoms with van der Waals surface area (Å²) < 4.78 is 7.34. The van der Waals surface area contributed by atoms with E-state index in [9.17, 15) is 0 Å². The van der Waals surface area contributed by atoms with Gasteiger partial charge < -0.3 is 10.1 Å². The van der Waals surface area contributed by atoms with Crippen molar-refractivity contribution in [3.05, 3.63) is 34.3 Å². The predicted octanol–water partition coefficient (Wildman–Crippen LogP) is 4.45. The number of halogens is 1. The van der Waals surface area contributed by atoms with Gasteiger partial charge in [-0.3, -0.25) is 0 Å². The maximum absolute atomic E-state index is 6.17. The van der Waals surface area contributed by atoms with Gasteiger partial charge in [0.25, 0.3) is 0 Å². The van der Waals surface area contributed by atoms with Crippen LogP contribution in [0.2, 0.25) is 0 Å². The van der Waals surface area contributed by atoms with Crippen molar-refractivity contribution in [1.82, 2.24) is 5.32 Å². The Bertz CT molecular complexity index is 456. The monoisotopic (exact) mass is 337 g/mol. The summed E-state index contributed by atoms with van der Waals surface area (Å²) in [4.78, 5) is 0. The van der Waals surface area contributed by atoms with Gasteiger partial charge in [0.2, 0.25) is 0 Å². The molecule has 1 aliphatic carbocycles. The first kappa shape index (κ1) is 14.6. The smallest absolute Gasteiger partial charge is 0.0686 e. The summed E-state index contributed by atoms with van der Waals surface area (Å²) in [6, 6.07) is 9.15. The lowest BCUT2D eigenvalue weighted by molar-refractivity contribution is -0.0978. The van der Waals surface area contributed by atoms with Crippen LogP contribution in [-0.4, -0.2) is 19.3 Å². The molecule has 20 heavy (non-hydrogen) atoms. The van der Waals surface area contributed by atoms with Crippen LogP contribution in [0, 0.1) is 5.92 Å². The van der Waals surface area contributed by atoms with Crippen molar-refractivity contribution in [1.29, 1.82) is 0 Å². The largest absolute Gasteiger partial charge is 0.375 e. The van der Waals surface area contributed by atoms with E-state index in [1.54, 1.807) is 0 Å². The molecule has 1 spiro atoms. The third-order valence-electron chi connectivity index (χ3n) is 5.04. The lowest BCUT2D eigenvalue weighted by atomic mass is 9.78. The summed E-state index contributed by atoms with van der Waals surface area (Å²) in [7, 11) is 2.09. The summed E-state index contributed by atoms with van der Waals surface area (Å²) >= 11 is 3.59. The van der Waals surface area contributed by atoms with E-state index in [4.69, 9.17) is 4.74 Å². The SMILES string of the molecule is CNC(c1cccc(Br)c1)C1CCOC2(CCCC2)C1. The van der Waals surface area contributed by atoms with E-state index in [1.165, 1.54) is 44.1 Å². The average molecular weight is 338 g/mol. The molecule has 3 rings (SSSR count). The Hall–Kier alpha value is -0.380. The average Bonchev–Trinajstić information content (AvgIpc) is 2.88. The molecule has 0 bridgehead atoms. The lowest BCUT2D eigenvalue weighted by Crippen LogP contribution is -2.41. The second-order valence-corrected chi connectivity index (χ2v) is 7.23. The quantitative estimate of drug-likeness (QED) is 0.879. The maximum atomic E-state index is 6.17. The van der Waals surface area contributed by atoms with E-state index in [-0.39, 0.29) is 5.60 Å². The molecule has 110 valence electrons. The number of hydrogen-bond donors (Lipinski definition) is 1. The molecule has 2 aliphatic rings. The predicted molar refractivity (Wildman–Crippen MR) is 85.8 cm³/mol. The minimum Gasteiger partial charge on any atom is -0.375 e. The summed E-state index contributed by atoms with van der Waals surface area (Å²) in [6.45, 7) is 0.927. The molecule has 1 saturated carbocycles. The summed E-state index contributed by atoms with van der Waals surface area (Å²) in [6.07, 6.45) is 7.59. The van der Waals surface area contributed by atoms with E-state index in [0.29, 0.717) is 12.0 Å². The molecule has 1 heterocycles. The van der Waals surface area contributed by atoms with Crippen LogP contribution in [0.4, 0.5) is 0 Å². The molecule has 1 aromatic rings. The van der Waals surface area contributed by atoms with Crippen molar-refractivity contribution in [2.24, 2.45) is 5.92 Å². The highest BCUT2D eigenvalue weighted by atomic mass is 79.9. The normalized spacial score (nSPS) is 26.8. The van der Waals surface area contributed by atoms with Crippen molar-refractivity contribution in [2.45, 2.75) is 50.2 Å². The molecule has 2 unspecified atom stereocenters. The summed E-state index contributed by atoms with van der Waals surface area (Å²) in [5, 5.41) is 3.55. The fourth-order valence-corrected chi connectivity index (χ4v) is 4.51. The number of nitrogens with one attached hydrogen (secondary N) is 1. The van der Waals surface area contributed by atoms with Gasteiger partial charge in [-0.05, 0) is 56.3 Å². The van der Waals surface area contributed by atoms with Crippen LogP contribution in [0.5, 0.6) is 0 Å². The first-order valence-electron chi connectivity index (χ1n) is 7.79. The Balaban J connectivity index is 1.78. The van der Waals surface area contributed by atoms with Crippen LogP contribution < -0.4 is 5.32 Å². The summed E-state index contributed by atoms with van der Waals surface area (Å²) in [5.74, 6) is 0.682. The van der Waals surface area contributed by atoms with Gasteiger partial charge in [-0.1, -0.05) is 40.9 Å². The molecule has 2 nitrogen and oxygen atoms in total.